The summed E-state index contributed by atoms with van der Waals surface area (Å²) in [5, 5.41) is 42.4. The highest BCUT2D eigenvalue weighted by Gasteiger charge is 2.30. The van der Waals surface area contributed by atoms with Gasteiger partial charge in [-0.1, -0.05) is 83.4 Å². The molecule has 0 spiro atoms. The molecule has 0 saturated carbocycles. The van der Waals surface area contributed by atoms with Crippen LogP contribution in [-0.4, -0.2) is 63.3 Å². The van der Waals surface area contributed by atoms with E-state index in [-0.39, 0.29) is 24.3 Å². The molecule has 0 atom stereocenters. The summed E-state index contributed by atoms with van der Waals surface area (Å²) in [4.78, 5) is 50.4. The molecule has 0 aliphatic carbocycles. The standard InChI is InChI=1S/C23H19F3N4O.C23H19N5O.C23H22N4O/c1-14-2-7-20-19(8-14)21(30-29-20)13-28-22(31)17-10-16(11-27-12-17)9-15-3-5-18(6-4-15)23(24,25)26;1-15-2-7-21-20(8-15)22(28-27-21)14-26-23(29)19-10-18(12-25-13-19)9-16-3-5-17(11-24)6-4-16;1-15-7-8-21-20(9-15)22(27-26-21)14-25-23(28)19-11-17(12-24-13-19)10-18-6-4-3-5-16(18)2/h2-8,10-12H,9,13H2,1H3,(H,28,31)(H,29,30);2-8,10,12-13H,9,14H2,1H3,(H,26,29)(H,27,28);3-9,11-13H,10,14H2,1-2H3,(H,25,28)(H,26,27). The molecular formula is C69H60F3N13O3. The van der Waals surface area contributed by atoms with E-state index in [0.717, 1.165) is 107 Å². The van der Waals surface area contributed by atoms with Crippen molar-refractivity contribution in [2.45, 2.75) is 72.8 Å². The van der Waals surface area contributed by atoms with E-state index in [2.05, 4.69) is 98.8 Å². The fraction of sp³-hybridized carbons (Fsp3) is 0.159. The highest BCUT2D eigenvalue weighted by atomic mass is 19.4. The summed E-state index contributed by atoms with van der Waals surface area (Å²) < 4.78 is 38.1. The number of nitrogens with zero attached hydrogens (tertiary/aromatic N) is 7. The molecule has 0 radical (unpaired) electrons. The zero-order chi connectivity index (χ0) is 61.7. The highest BCUT2D eigenvalue weighted by molar-refractivity contribution is 5.96. The number of hydrogen-bond acceptors (Lipinski definition) is 10. The van der Waals surface area contributed by atoms with Crippen LogP contribution >= 0.6 is 0 Å². The molecule has 0 aliphatic heterocycles. The number of carbonyl (C=O) groups is 3. The number of halogens is 3. The van der Waals surface area contributed by atoms with Gasteiger partial charge in [-0.3, -0.25) is 44.6 Å². The second-order valence-corrected chi connectivity index (χ2v) is 21.4. The van der Waals surface area contributed by atoms with E-state index < -0.39 is 11.7 Å². The van der Waals surface area contributed by atoms with Crippen LogP contribution in [-0.2, 0) is 45.1 Å². The molecule has 6 heterocycles. The summed E-state index contributed by atoms with van der Waals surface area (Å²) in [7, 11) is 0. The number of hydrogen-bond donors (Lipinski definition) is 6. The SMILES string of the molecule is Cc1ccc2n[nH]c(CNC(=O)c3cncc(Cc4ccc(C#N)cc4)c3)c2c1.Cc1ccc2n[nH]c(CNC(=O)c3cncc(Cc4ccc(C(F)(F)F)cc4)c3)c2c1.Cc1ccc2n[nH]c(CNC(=O)c3cncc(Cc4ccccc4C)c3)c2c1. The van der Waals surface area contributed by atoms with Crippen molar-refractivity contribution in [1.29, 1.82) is 5.26 Å². The molecule has 19 heteroatoms. The summed E-state index contributed by atoms with van der Waals surface area (Å²) in [5.41, 5.74) is 16.9. The molecule has 6 N–H and O–H groups in total. The molecule has 88 heavy (non-hydrogen) atoms. The van der Waals surface area contributed by atoms with Crippen LogP contribution in [0, 0.1) is 39.0 Å². The van der Waals surface area contributed by atoms with Gasteiger partial charge in [-0.2, -0.15) is 33.7 Å². The summed E-state index contributed by atoms with van der Waals surface area (Å²) in [6, 6.07) is 46.2. The van der Waals surface area contributed by atoms with Gasteiger partial charge in [0.1, 0.15) is 0 Å². The predicted octanol–water partition coefficient (Wildman–Crippen LogP) is 12.6. The molecule has 440 valence electrons. The first-order valence-electron chi connectivity index (χ1n) is 28.2. The molecule has 0 saturated heterocycles. The molecule has 0 aliphatic rings. The highest BCUT2D eigenvalue weighted by Crippen LogP contribution is 2.30. The van der Waals surface area contributed by atoms with Crippen molar-refractivity contribution < 1.29 is 27.6 Å². The number of H-pyrrole nitrogens is 3. The van der Waals surface area contributed by atoms with Gasteiger partial charge < -0.3 is 16.0 Å². The number of alkyl halides is 3. The third kappa shape index (κ3) is 15.4. The first-order valence-corrected chi connectivity index (χ1v) is 28.2. The Morgan fingerprint density at radius 2 is 0.830 bits per heavy atom. The van der Waals surface area contributed by atoms with Crippen LogP contribution in [0.1, 0.15) is 115 Å². The van der Waals surface area contributed by atoms with Crippen LogP contribution in [0.15, 0.2) is 183 Å². The number of nitriles is 1. The summed E-state index contributed by atoms with van der Waals surface area (Å²) in [6.07, 6.45) is 7.19. The Morgan fingerprint density at radius 3 is 1.20 bits per heavy atom. The minimum absolute atomic E-state index is 0.144. The number of nitrogens with one attached hydrogen (secondary N) is 6. The van der Waals surface area contributed by atoms with E-state index in [1.807, 2.05) is 106 Å². The first-order chi connectivity index (χ1) is 42.5. The van der Waals surface area contributed by atoms with E-state index in [0.29, 0.717) is 53.7 Å². The van der Waals surface area contributed by atoms with Crippen LogP contribution in [0.2, 0.25) is 0 Å². The van der Waals surface area contributed by atoms with E-state index in [9.17, 15) is 27.6 Å². The van der Waals surface area contributed by atoms with Crippen molar-refractivity contribution in [2.75, 3.05) is 0 Å². The topological polar surface area (TPSA) is 236 Å². The number of pyridine rings is 3. The lowest BCUT2D eigenvalue weighted by Crippen LogP contribution is -2.23. The molecule has 3 amide bonds. The smallest absolute Gasteiger partial charge is 0.346 e. The van der Waals surface area contributed by atoms with Gasteiger partial charge in [0, 0.05) is 53.3 Å². The number of benzene rings is 6. The van der Waals surface area contributed by atoms with Crippen LogP contribution in [0.5, 0.6) is 0 Å². The van der Waals surface area contributed by atoms with E-state index in [1.54, 1.807) is 43.0 Å². The number of fused-ring (bicyclic) bond motifs is 3. The number of aryl methyl sites for hydroxylation is 4. The largest absolute Gasteiger partial charge is 0.416 e. The number of carbonyl (C=O) groups excluding carboxylic acids is 3. The van der Waals surface area contributed by atoms with Crippen molar-refractivity contribution in [3.8, 4) is 6.07 Å². The third-order valence-corrected chi connectivity index (χ3v) is 14.7. The fourth-order valence-electron chi connectivity index (χ4n) is 9.88. The predicted molar refractivity (Wildman–Crippen MR) is 331 cm³/mol. The van der Waals surface area contributed by atoms with Gasteiger partial charge in [0.2, 0.25) is 0 Å². The molecule has 6 aromatic heterocycles. The van der Waals surface area contributed by atoms with Crippen LogP contribution in [0.25, 0.3) is 32.7 Å². The monoisotopic (exact) mass is 1180 g/mol. The Morgan fingerprint density at radius 1 is 0.455 bits per heavy atom. The van der Waals surface area contributed by atoms with Gasteiger partial charge >= 0.3 is 6.18 Å². The van der Waals surface area contributed by atoms with Crippen molar-refractivity contribution in [1.82, 2.24) is 61.5 Å². The lowest BCUT2D eigenvalue weighted by Gasteiger charge is -2.09. The summed E-state index contributed by atoms with van der Waals surface area (Å²) >= 11 is 0. The summed E-state index contributed by atoms with van der Waals surface area (Å²) in [6.45, 7) is 9.18. The van der Waals surface area contributed by atoms with Crippen LogP contribution in [0.4, 0.5) is 13.2 Å². The van der Waals surface area contributed by atoms with Crippen molar-refractivity contribution in [3.63, 3.8) is 0 Å². The maximum atomic E-state index is 12.7. The first kappa shape index (κ1) is 60.0. The molecule has 12 rings (SSSR count). The number of aromatic amines is 3. The Balaban J connectivity index is 0.000000146. The molecule has 16 nitrogen and oxygen atoms in total. The van der Waals surface area contributed by atoms with Crippen molar-refractivity contribution in [3.05, 3.63) is 283 Å². The number of rotatable bonds is 15. The van der Waals surface area contributed by atoms with Gasteiger partial charge in [-0.25, -0.2) is 0 Å². The average molecular weight is 1180 g/mol. The number of aromatic nitrogens is 9. The van der Waals surface area contributed by atoms with E-state index in [4.69, 9.17) is 5.26 Å². The van der Waals surface area contributed by atoms with Gasteiger partial charge in [-0.15, -0.1) is 0 Å². The molecule has 0 unspecified atom stereocenters. The summed E-state index contributed by atoms with van der Waals surface area (Å²) in [5.74, 6) is -0.624. The van der Waals surface area contributed by atoms with Crippen LogP contribution < -0.4 is 16.0 Å². The molecule has 6 aromatic carbocycles. The zero-order valence-electron chi connectivity index (χ0n) is 48.6. The second kappa shape index (κ2) is 27.3. The van der Waals surface area contributed by atoms with Crippen LogP contribution in [0.3, 0.4) is 0 Å². The Bertz CT molecular complexity index is 4510. The van der Waals surface area contributed by atoms with Gasteiger partial charge in [0.15, 0.2) is 0 Å². The molecular weight excluding hydrogens is 1120 g/mol. The van der Waals surface area contributed by atoms with Gasteiger partial charge in [-0.05, 0) is 165 Å². The van der Waals surface area contributed by atoms with E-state index in [1.165, 1.54) is 29.5 Å². The van der Waals surface area contributed by atoms with Crippen molar-refractivity contribution in [2.24, 2.45) is 0 Å². The van der Waals surface area contributed by atoms with Gasteiger partial charge in [0.05, 0.1) is 87.2 Å². The maximum absolute atomic E-state index is 12.7. The minimum Gasteiger partial charge on any atom is -0.346 e. The molecule has 0 fully saturated rings. The second-order valence-electron chi connectivity index (χ2n) is 21.4. The Labute approximate surface area is 504 Å². The van der Waals surface area contributed by atoms with Crippen molar-refractivity contribution >= 4 is 50.4 Å². The third-order valence-electron chi connectivity index (χ3n) is 14.7. The Kier molecular flexibility index (Phi) is 18.6. The lowest BCUT2D eigenvalue weighted by molar-refractivity contribution is -0.137. The average Bonchev–Trinajstić information content (AvgIpc) is 4.15. The molecule has 12 aromatic rings. The normalized spacial score (nSPS) is 11.1. The zero-order valence-corrected chi connectivity index (χ0v) is 48.6. The number of amides is 3. The Hall–Kier alpha value is -11.1. The fourth-order valence-corrected chi connectivity index (χ4v) is 9.88. The minimum atomic E-state index is -4.36. The van der Waals surface area contributed by atoms with E-state index >= 15 is 0 Å². The van der Waals surface area contributed by atoms with Gasteiger partial charge in [0.25, 0.3) is 17.7 Å². The molecule has 0 bridgehead atoms. The lowest BCUT2D eigenvalue weighted by atomic mass is 10.0. The maximum Gasteiger partial charge on any atom is 0.416 e. The quantitative estimate of drug-likeness (QED) is 0.0568.